The summed E-state index contributed by atoms with van der Waals surface area (Å²) in [5.74, 6) is 0. The lowest BCUT2D eigenvalue weighted by atomic mass is 10.3. The Morgan fingerprint density at radius 2 is 2.08 bits per heavy atom. The van der Waals surface area contributed by atoms with Crippen molar-refractivity contribution in [3.05, 3.63) is 29.3 Å². The Bertz CT molecular complexity index is 258. The van der Waals surface area contributed by atoms with Gasteiger partial charge in [0, 0.05) is 24.6 Å². The van der Waals surface area contributed by atoms with E-state index >= 15 is 0 Å². The zero-order valence-corrected chi connectivity index (χ0v) is 7.20. The highest BCUT2D eigenvalue weighted by Gasteiger charge is 1.88. The van der Waals surface area contributed by atoms with Crippen LogP contribution in [0, 0.1) is 0 Å². The lowest BCUT2D eigenvalue weighted by Crippen LogP contribution is -1.82. The van der Waals surface area contributed by atoms with Gasteiger partial charge in [0.1, 0.15) is 0 Å². The van der Waals surface area contributed by atoms with Gasteiger partial charge in [-0.3, -0.25) is 0 Å². The fourth-order valence-electron chi connectivity index (χ4n) is 0.702. The summed E-state index contributed by atoms with van der Waals surface area (Å²) in [5, 5.41) is 8.73. The van der Waals surface area contributed by atoms with Crippen molar-refractivity contribution < 1.29 is 5.11 Å². The Kier molecular flexibility index (Phi) is 3.70. The van der Waals surface area contributed by atoms with Gasteiger partial charge in [-0.1, -0.05) is 12.2 Å². The van der Waals surface area contributed by atoms with Crippen molar-refractivity contribution in [1.29, 1.82) is 0 Å². The van der Waals surface area contributed by atoms with E-state index in [4.69, 9.17) is 16.7 Å². The highest BCUT2D eigenvalue weighted by Crippen LogP contribution is 2.02. The molecular weight excluding hydrogens is 176 g/mol. The number of aromatic nitrogens is 2. The maximum absolute atomic E-state index is 8.48. The molecule has 0 fully saturated rings. The molecule has 1 rings (SSSR count). The minimum absolute atomic E-state index is 0.158. The third-order valence-corrected chi connectivity index (χ3v) is 1.44. The van der Waals surface area contributed by atoms with Crippen molar-refractivity contribution in [2.45, 2.75) is 6.42 Å². The SMILES string of the molecule is OCCC=Cc1cnc(Cl)nc1. The Morgan fingerprint density at radius 1 is 1.42 bits per heavy atom. The first-order valence-electron chi connectivity index (χ1n) is 3.58. The summed E-state index contributed by atoms with van der Waals surface area (Å²) in [4.78, 5) is 7.60. The van der Waals surface area contributed by atoms with Crippen LogP contribution in [0.1, 0.15) is 12.0 Å². The van der Waals surface area contributed by atoms with Crippen LogP contribution in [0.5, 0.6) is 0 Å². The van der Waals surface area contributed by atoms with E-state index < -0.39 is 0 Å². The number of aliphatic hydroxyl groups is 1. The molecule has 0 saturated carbocycles. The normalized spacial score (nSPS) is 10.8. The summed E-state index contributed by atoms with van der Waals surface area (Å²) in [7, 11) is 0. The highest BCUT2D eigenvalue weighted by atomic mass is 35.5. The van der Waals surface area contributed by atoms with E-state index in [0.717, 1.165) is 5.56 Å². The summed E-state index contributed by atoms with van der Waals surface area (Å²) in [6.45, 7) is 0.158. The van der Waals surface area contributed by atoms with Gasteiger partial charge >= 0.3 is 0 Å². The van der Waals surface area contributed by atoms with Crippen molar-refractivity contribution in [2.75, 3.05) is 6.61 Å². The van der Waals surface area contributed by atoms with E-state index in [1.54, 1.807) is 12.4 Å². The first-order valence-corrected chi connectivity index (χ1v) is 3.95. The van der Waals surface area contributed by atoms with Crippen molar-refractivity contribution in [3.63, 3.8) is 0 Å². The van der Waals surface area contributed by atoms with Crippen molar-refractivity contribution >= 4 is 17.7 Å². The molecule has 1 heterocycles. The number of halogens is 1. The predicted molar refractivity (Wildman–Crippen MR) is 47.8 cm³/mol. The molecule has 1 aromatic rings. The van der Waals surface area contributed by atoms with Crippen LogP contribution in [-0.4, -0.2) is 21.7 Å². The first kappa shape index (κ1) is 9.16. The van der Waals surface area contributed by atoms with Crippen LogP contribution < -0.4 is 0 Å². The second-order valence-electron chi connectivity index (χ2n) is 2.20. The van der Waals surface area contributed by atoms with Gasteiger partial charge in [0.05, 0.1) is 0 Å². The van der Waals surface area contributed by atoms with E-state index in [0.29, 0.717) is 6.42 Å². The molecule has 1 N–H and O–H groups in total. The van der Waals surface area contributed by atoms with Crippen LogP contribution >= 0.6 is 11.6 Å². The smallest absolute Gasteiger partial charge is 0.222 e. The van der Waals surface area contributed by atoms with E-state index in [1.165, 1.54) is 0 Å². The van der Waals surface area contributed by atoms with Crippen LogP contribution in [0.25, 0.3) is 6.08 Å². The Balaban J connectivity index is 2.58. The maximum Gasteiger partial charge on any atom is 0.222 e. The zero-order chi connectivity index (χ0) is 8.81. The summed E-state index contributed by atoms with van der Waals surface area (Å²) in [5.41, 5.74) is 0.882. The van der Waals surface area contributed by atoms with Crippen molar-refractivity contribution in [2.24, 2.45) is 0 Å². The molecule has 0 aliphatic heterocycles. The Hall–Kier alpha value is -0.930. The number of hydrogen-bond donors (Lipinski definition) is 1. The minimum Gasteiger partial charge on any atom is -0.396 e. The van der Waals surface area contributed by atoms with Crippen molar-refractivity contribution in [1.82, 2.24) is 9.97 Å². The maximum atomic E-state index is 8.48. The molecule has 0 radical (unpaired) electrons. The largest absolute Gasteiger partial charge is 0.396 e. The molecule has 0 bridgehead atoms. The fourth-order valence-corrected chi connectivity index (χ4v) is 0.800. The molecule has 0 aromatic carbocycles. The molecule has 64 valence electrons. The zero-order valence-electron chi connectivity index (χ0n) is 6.44. The molecule has 0 aliphatic carbocycles. The van der Waals surface area contributed by atoms with Crippen LogP contribution in [-0.2, 0) is 0 Å². The molecule has 1 aromatic heterocycles. The standard InChI is InChI=1S/C8H9ClN2O/c9-8-10-5-7(6-11-8)3-1-2-4-12/h1,3,5-6,12H,2,4H2. The third kappa shape index (κ3) is 2.98. The monoisotopic (exact) mass is 184 g/mol. The Morgan fingerprint density at radius 3 is 2.67 bits per heavy atom. The molecular formula is C8H9ClN2O. The molecule has 12 heavy (non-hydrogen) atoms. The van der Waals surface area contributed by atoms with Gasteiger partial charge in [0.15, 0.2) is 0 Å². The summed E-state index contributed by atoms with van der Waals surface area (Å²) in [6.07, 6.45) is 7.59. The number of aliphatic hydroxyl groups excluding tert-OH is 1. The second kappa shape index (κ2) is 4.85. The topological polar surface area (TPSA) is 46.0 Å². The van der Waals surface area contributed by atoms with Gasteiger partial charge in [0.25, 0.3) is 0 Å². The van der Waals surface area contributed by atoms with Crippen LogP contribution in [0.15, 0.2) is 18.5 Å². The number of nitrogens with zero attached hydrogens (tertiary/aromatic N) is 2. The predicted octanol–water partition coefficient (Wildman–Crippen LogP) is 1.53. The molecule has 0 aliphatic rings. The van der Waals surface area contributed by atoms with Gasteiger partial charge in [-0.2, -0.15) is 0 Å². The van der Waals surface area contributed by atoms with E-state index in [9.17, 15) is 0 Å². The molecule has 0 spiro atoms. The lowest BCUT2D eigenvalue weighted by molar-refractivity contribution is 0.303. The van der Waals surface area contributed by atoms with Crippen LogP contribution in [0.2, 0.25) is 5.28 Å². The van der Waals surface area contributed by atoms with E-state index in [-0.39, 0.29) is 11.9 Å². The van der Waals surface area contributed by atoms with Crippen LogP contribution in [0.3, 0.4) is 0 Å². The minimum atomic E-state index is 0.158. The fraction of sp³-hybridized carbons (Fsp3) is 0.250. The average Bonchev–Trinajstić information content (AvgIpc) is 2.09. The lowest BCUT2D eigenvalue weighted by Gasteiger charge is -1.90. The molecule has 0 atom stereocenters. The van der Waals surface area contributed by atoms with Gasteiger partial charge in [-0.15, -0.1) is 0 Å². The number of hydrogen-bond acceptors (Lipinski definition) is 3. The average molecular weight is 185 g/mol. The molecule has 4 heteroatoms. The quantitative estimate of drug-likeness (QED) is 0.725. The third-order valence-electron chi connectivity index (χ3n) is 1.25. The first-order chi connectivity index (χ1) is 5.83. The van der Waals surface area contributed by atoms with Crippen molar-refractivity contribution in [3.8, 4) is 0 Å². The molecule has 3 nitrogen and oxygen atoms in total. The molecule has 0 amide bonds. The summed E-state index contributed by atoms with van der Waals surface area (Å²) in [6, 6.07) is 0. The number of rotatable bonds is 3. The second-order valence-corrected chi connectivity index (χ2v) is 2.54. The molecule has 0 saturated heterocycles. The van der Waals surface area contributed by atoms with Gasteiger partial charge in [-0.05, 0) is 18.0 Å². The Labute approximate surface area is 75.7 Å². The van der Waals surface area contributed by atoms with Gasteiger partial charge < -0.3 is 5.11 Å². The molecule has 0 unspecified atom stereocenters. The van der Waals surface area contributed by atoms with Gasteiger partial charge in [0.2, 0.25) is 5.28 Å². The van der Waals surface area contributed by atoms with E-state index in [2.05, 4.69) is 9.97 Å². The summed E-state index contributed by atoms with van der Waals surface area (Å²) < 4.78 is 0. The highest BCUT2D eigenvalue weighted by molar-refractivity contribution is 6.28. The van der Waals surface area contributed by atoms with E-state index in [1.807, 2.05) is 12.2 Å². The van der Waals surface area contributed by atoms with Crippen LogP contribution in [0.4, 0.5) is 0 Å². The summed E-state index contributed by atoms with van der Waals surface area (Å²) >= 11 is 5.49. The van der Waals surface area contributed by atoms with Gasteiger partial charge in [-0.25, -0.2) is 9.97 Å².